The average molecular weight is 484 g/mol. The summed E-state index contributed by atoms with van der Waals surface area (Å²) >= 11 is 2.19. The fraction of sp³-hybridized carbons (Fsp3) is 0.300. The topological polar surface area (TPSA) is 58.6 Å². The zero-order valence-corrected chi connectivity index (χ0v) is 17.4. The summed E-state index contributed by atoms with van der Waals surface area (Å²) in [5.74, 6) is -0.342. The highest BCUT2D eigenvalue weighted by Gasteiger charge is 2.26. The lowest BCUT2D eigenvalue weighted by molar-refractivity contribution is -0.142. The molecule has 27 heavy (non-hydrogen) atoms. The summed E-state index contributed by atoms with van der Waals surface area (Å²) in [5, 5.41) is 2.72. The van der Waals surface area contributed by atoms with Gasteiger partial charge in [0, 0.05) is 16.7 Å². The molecule has 0 radical (unpaired) electrons. The highest BCUT2D eigenvalue weighted by Crippen LogP contribution is 2.15. The fourth-order valence-electron chi connectivity index (χ4n) is 2.45. The van der Waals surface area contributed by atoms with Crippen LogP contribution >= 0.6 is 22.6 Å². The Morgan fingerprint density at radius 3 is 2.37 bits per heavy atom. The van der Waals surface area contributed by atoms with Gasteiger partial charge in [-0.3, -0.25) is 9.59 Å². The molecule has 2 rings (SSSR count). The fourth-order valence-corrected chi connectivity index (χ4v) is 2.81. The molecular formula is C20H22FIN2O3. The monoisotopic (exact) mass is 484 g/mol. The van der Waals surface area contributed by atoms with E-state index in [1.807, 2.05) is 19.1 Å². The number of nitrogens with zero attached hydrogens (tertiary/aromatic N) is 1. The molecule has 0 aromatic heterocycles. The Balaban J connectivity index is 2.11. The number of nitrogens with one attached hydrogen (secondary N) is 1. The molecule has 1 atom stereocenters. The van der Waals surface area contributed by atoms with E-state index >= 15 is 0 Å². The first-order valence-corrected chi connectivity index (χ1v) is 9.68. The van der Waals surface area contributed by atoms with E-state index in [-0.39, 0.29) is 30.8 Å². The zero-order chi connectivity index (χ0) is 19.8. The summed E-state index contributed by atoms with van der Waals surface area (Å²) < 4.78 is 19.8. The van der Waals surface area contributed by atoms with E-state index < -0.39 is 6.04 Å². The lowest BCUT2D eigenvalue weighted by Gasteiger charge is -2.28. The highest BCUT2D eigenvalue weighted by atomic mass is 127. The number of hydrogen-bond donors (Lipinski definition) is 1. The summed E-state index contributed by atoms with van der Waals surface area (Å²) in [7, 11) is 0. The number of benzene rings is 2. The summed E-state index contributed by atoms with van der Waals surface area (Å²) in [6.45, 7) is 3.95. The van der Waals surface area contributed by atoms with E-state index in [1.54, 1.807) is 31.2 Å². The minimum absolute atomic E-state index is 0.188. The number of carbonyl (C=O) groups is 2. The second kappa shape index (κ2) is 10.2. The first-order chi connectivity index (χ1) is 12.9. The van der Waals surface area contributed by atoms with Gasteiger partial charge in [0.1, 0.15) is 17.6 Å². The molecule has 0 fully saturated rings. The molecule has 0 heterocycles. The lowest BCUT2D eigenvalue weighted by Crippen LogP contribution is -2.49. The van der Waals surface area contributed by atoms with Crippen molar-refractivity contribution in [1.82, 2.24) is 10.2 Å². The molecule has 7 heteroatoms. The van der Waals surface area contributed by atoms with E-state index in [2.05, 4.69) is 27.9 Å². The van der Waals surface area contributed by atoms with Gasteiger partial charge in [-0.1, -0.05) is 12.1 Å². The third-order valence-corrected chi connectivity index (χ3v) is 4.68. The number of likely N-dealkylation sites (N-methyl/N-ethyl adjacent to an activating group) is 1. The second-order valence-electron chi connectivity index (χ2n) is 5.96. The van der Waals surface area contributed by atoms with Crippen LogP contribution in [0.3, 0.4) is 0 Å². The Labute approximate surface area is 172 Å². The molecule has 5 nitrogen and oxygen atoms in total. The maximum atomic E-state index is 13.1. The van der Waals surface area contributed by atoms with Crippen molar-refractivity contribution in [1.29, 1.82) is 0 Å². The van der Waals surface area contributed by atoms with Crippen LogP contribution in [0.4, 0.5) is 4.39 Å². The minimum Gasteiger partial charge on any atom is -0.484 e. The van der Waals surface area contributed by atoms with Crippen molar-refractivity contribution < 1.29 is 18.7 Å². The van der Waals surface area contributed by atoms with Gasteiger partial charge in [0.2, 0.25) is 5.91 Å². The van der Waals surface area contributed by atoms with Crippen LogP contribution in [0.5, 0.6) is 5.75 Å². The van der Waals surface area contributed by atoms with Crippen molar-refractivity contribution in [3.8, 4) is 5.75 Å². The van der Waals surface area contributed by atoms with Gasteiger partial charge >= 0.3 is 0 Å². The Hall–Kier alpha value is -2.16. The smallest absolute Gasteiger partial charge is 0.261 e. The number of carbonyl (C=O) groups excluding carboxylic acids is 2. The van der Waals surface area contributed by atoms with Gasteiger partial charge in [0.25, 0.3) is 5.91 Å². The molecule has 2 aromatic carbocycles. The quantitative estimate of drug-likeness (QED) is 0.585. The van der Waals surface area contributed by atoms with Gasteiger partial charge in [-0.25, -0.2) is 4.39 Å². The number of rotatable bonds is 8. The summed E-state index contributed by atoms with van der Waals surface area (Å²) in [5.41, 5.74) is 0.732. The van der Waals surface area contributed by atoms with E-state index in [4.69, 9.17) is 4.74 Å². The summed E-state index contributed by atoms with van der Waals surface area (Å²) in [4.78, 5) is 26.4. The SMILES string of the molecule is CCNC(=O)[C@@H](C)N(Cc1ccc(F)cc1)C(=O)COc1ccc(I)cc1. The Kier molecular flexibility index (Phi) is 8.02. The maximum absolute atomic E-state index is 13.1. The van der Waals surface area contributed by atoms with Gasteiger partial charge in [0.15, 0.2) is 6.61 Å². The third kappa shape index (κ3) is 6.50. The van der Waals surface area contributed by atoms with E-state index in [0.717, 1.165) is 9.13 Å². The van der Waals surface area contributed by atoms with Crippen molar-refractivity contribution in [2.75, 3.05) is 13.2 Å². The molecule has 2 aromatic rings. The Morgan fingerprint density at radius 2 is 1.78 bits per heavy atom. The van der Waals surface area contributed by atoms with Crippen molar-refractivity contribution in [2.24, 2.45) is 0 Å². The van der Waals surface area contributed by atoms with Crippen LogP contribution in [0.15, 0.2) is 48.5 Å². The van der Waals surface area contributed by atoms with Crippen LogP contribution in [0.2, 0.25) is 0 Å². The lowest BCUT2D eigenvalue weighted by atomic mass is 10.1. The standard InChI is InChI=1S/C20H22FIN2O3/c1-3-23-20(26)14(2)24(12-15-4-6-16(21)7-5-15)19(25)13-27-18-10-8-17(22)9-11-18/h4-11,14H,3,12-13H2,1-2H3,(H,23,26)/t14-/m1/s1. The first kappa shape index (κ1) is 21.1. The van der Waals surface area contributed by atoms with Crippen LogP contribution in [-0.4, -0.2) is 35.9 Å². The molecule has 2 amide bonds. The van der Waals surface area contributed by atoms with Crippen LogP contribution in [-0.2, 0) is 16.1 Å². The average Bonchev–Trinajstić information content (AvgIpc) is 2.66. The molecular weight excluding hydrogens is 462 g/mol. The Morgan fingerprint density at radius 1 is 1.15 bits per heavy atom. The maximum Gasteiger partial charge on any atom is 0.261 e. The first-order valence-electron chi connectivity index (χ1n) is 8.60. The van der Waals surface area contributed by atoms with Crippen molar-refractivity contribution >= 4 is 34.4 Å². The van der Waals surface area contributed by atoms with Gasteiger partial charge in [-0.15, -0.1) is 0 Å². The van der Waals surface area contributed by atoms with Gasteiger partial charge in [-0.2, -0.15) is 0 Å². The second-order valence-corrected chi connectivity index (χ2v) is 7.21. The van der Waals surface area contributed by atoms with Crippen LogP contribution in [0.1, 0.15) is 19.4 Å². The van der Waals surface area contributed by atoms with E-state index in [9.17, 15) is 14.0 Å². The van der Waals surface area contributed by atoms with Crippen LogP contribution in [0.25, 0.3) is 0 Å². The van der Waals surface area contributed by atoms with E-state index in [1.165, 1.54) is 17.0 Å². The molecule has 0 saturated heterocycles. The third-order valence-electron chi connectivity index (χ3n) is 3.96. The molecule has 144 valence electrons. The number of ether oxygens (including phenoxy) is 1. The molecule has 0 spiro atoms. The molecule has 0 bridgehead atoms. The van der Waals surface area contributed by atoms with Crippen LogP contribution < -0.4 is 10.1 Å². The highest BCUT2D eigenvalue weighted by molar-refractivity contribution is 14.1. The zero-order valence-electron chi connectivity index (χ0n) is 15.2. The van der Waals surface area contributed by atoms with E-state index in [0.29, 0.717) is 12.3 Å². The summed E-state index contributed by atoms with van der Waals surface area (Å²) in [6.07, 6.45) is 0. The molecule has 0 aliphatic rings. The molecule has 0 aliphatic heterocycles. The predicted molar refractivity (Wildman–Crippen MR) is 110 cm³/mol. The van der Waals surface area contributed by atoms with Crippen molar-refractivity contribution in [2.45, 2.75) is 26.4 Å². The van der Waals surface area contributed by atoms with Crippen LogP contribution in [0, 0.1) is 9.39 Å². The minimum atomic E-state index is -0.678. The van der Waals surface area contributed by atoms with Crippen molar-refractivity contribution in [3.05, 3.63) is 63.5 Å². The number of amides is 2. The largest absolute Gasteiger partial charge is 0.484 e. The van der Waals surface area contributed by atoms with Gasteiger partial charge in [0.05, 0.1) is 0 Å². The normalized spacial score (nSPS) is 11.6. The molecule has 1 N–H and O–H groups in total. The number of halogens is 2. The summed E-state index contributed by atoms with van der Waals surface area (Å²) in [6, 6.07) is 12.5. The van der Waals surface area contributed by atoms with Gasteiger partial charge < -0.3 is 15.0 Å². The molecule has 0 aliphatic carbocycles. The van der Waals surface area contributed by atoms with Crippen molar-refractivity contribution in [3.63, 3.8) is 0 Å². The van der Waals surface area contributed by atoms with Gasteiger partial charge in [-0.05, 0) is 78.4 Å². The Bertz CT molecular complexity index is 766. The molecule has 0 saturated carbocycles. The molecule has 0 unspecified atom stereocenters. The number of hydrogen-bond acceptors (Lipinski definition) is 3. The predicted octanol–water partition coefficient (Wildman–Crippen LogP) is 3.36.